The number of carbonyl (C=O) groups is 1. The number of methoxy groups -OCH3 is 1. The van der Waals surface area contributed by atoms with Crippen molar-refractivity contribution in [2.45, 2.75) is 33.1 Å². The smallest absolute Gasteiger partial charge is 0.338 e. The Labute approximate surface area is 126 Å². The van der Waals surface area contributed by atoms with Crippen LogP contribution >= 0.6 is 0 Å². The average molecular weight is 282 g/mol. The second-order valence-corrected chi connectivity index (χ2v) is 6.32. The van der Waals surface area contributed by atoms with Crippen LogP contribution in [0.15, 0.2) is 42.5 Å². The Hall–Kier alpha value is -2.09. The van der Waals surface area contributed by atoms with Crippen LogP contribution in [0, 0.1) is 6.92 Å². The molecule has 0 amide bonds. The van der Waals surface area contributed by atoms with Crippen LogP contribution in [0.1, 0.15) is 42.3 Å². The minimum atomic E-state index is -0.289. The van der Waals surface area contributed by atoms with E-state index < -0.39 is 0 Å². The van der Waals surface area contributed by atoms with Crippen LogP contribution in [-0.4, -0.2) is 13.1 Å². The summed E-state index contributed by atoms with van der Waals surface area (Å²) in [5.41, 5.74) is 4.92. The molecule has 2 aromatic carbocycles. The molecule has 0 aromatic heterocycles. The Kier molecular flexibility index (Phi) is 4.17. The zero-order valence-electron chi connectivity index (χ0n) is 13.4. The Morgan fingerprint density at radius 3 is 2.14 bits per heavy atom. The van der Waals surface area contributed by atoms with E-state index in [2.05, 4.69) is 45.0 Å². The van der Waals surface area contributed by atoms with Crippen LogP contribution in [0.5, 0.6) is 0 Å². The van der Waals surface area contributed by atoms with E-state index in [1.165, 1.54) is 12.7 Å². The standard InChI is InChI=1S/C19H22O2/c1-13-7-6-8-16(17(13)18(20)21-5)14-9-11-15(12-10-14)19(2,3)4/h6-12H,1-5H3. The fourth-order valence-corrected chi connectivity index (χ4v) is 2.43. The fraction of sp³-hybridized carbons (Fsp3) is 0.316. The first-order valence-electron chi connectivity index (χ1n) is 7.13. The summed E-state index contributed by atoms with van der Waals surface area (Å²) in [7, 11) is 1.42. The van der Waals surface area contributed by atoms with Gasteiger partial charge in [-0.1, -0.05) is 63.2 Å². The van der Waals surface area contributed by atoms with E-state index >= 15 is 0 Å². The van der Waals surface area contributed by atoms with Crippen molar-refractivity contribution >= 4 is 5.97 Å². The molecule has 0 radical (unpaired) electrons. The van der Waals surface area contributed by atoms with Gasteiger partial charge >= 0.3 is 5.97 Å². The molecule has 0 saturated carbocycles. The van der Waals surface area contributed by atoms with Crippen LogP contribution < -0.4 is 0 Å². The lowest BCUT2D eigenvalue weighted by Crippen LogP contribution is -2.10. The molecule has 0 spiro atoms. The molecule has 110 valence electrons. The van der Waals surface area contributed by atoms with E-state index in [1.807, 2.05) is 25.1 Å². The molecule has 0 atom stereocenters. The predicted octanol–water partition coefficient (Wildman–Crippen LogP) is 4.75. The molecule has 2 nitrogen and oxygen atoms in total. The van der Waals surface area contributed by atoms with Crippen LogP contribution in [0.3, 0.4) is 0 Å². The van der Waals surface area contributed by atoms with Crippen LogP contribution in [0.2, 0.25) is 0 Å². The summed E-state index contributed by atoms with van der Waals surface area (Å²) in [5, 5.41) is 0. The monoisotopic (exact) mass is 282 g/mol. The number of benzene rings is 2. The van der Waals surface area contributed by atoms with Crippen molar-refractivity contribution in [2.24, 2.45) is 0 Å². The Balaban J connectivity index is 2.52. The van der Waals surface area contributed by atoms with Crippen molar-refractivity contribution < 1.29 is 9.53 Å². The van der Waals surface area contributed by atoms with Crippen molar-refractivity contribution in [1.82, 2.24) is 0 Å². The topological polar surface area (TPSA) is 26.3 Å². The third kappa shape index (κ3) is 3.15. The summed E-state index contributed by atoms with van der Waals surface area (Å²) in [6, 6.07) is 14.3. The Bertz CT molecular complexity index is 646. The van der Waals surface area contributed by atoms with E-state index in [-0.39, 0.29) is 11.4 Å². The van der Waals surface area contributed by atoms with Gasteiger partial charge in [-0.15, -0.1) is 0 Å². The van der Waals surface area contributed by atoms with Crippen LogP contribution in [-0.2, 0) is 10.2 Å². The number of hydrogen-bond donors (Lipinski definition) is 0. The summed E-state index contributed by atoms with van der Waals surface area (Å²) in [6.07, 6.45) is 0. The molecular weight excluding hydrogens is 260 g/mol. The average Bonchev–Trinajstić information content (AvgIpc) is 2.45. The molecule has 0 bridgehead atoms. The van der Waals surface area contributed by atoms with E-state index in [0.29, 0.717) is 5.56 Å². The van der Waals surface area contributed by atoms with Gasteiger partial charge in [-0.25, -0.2) is 4.79 Å². The molecule has 2 aromatic rings. The molecule has 21 heavy (non-hydrogen) atoms. The van der Waals surface area contributed by atoms with Gasteiger partial charge in [0.15, 0.2) is 0 Å². The summed E-state index contributed by atoms with van der Waals surface area (Å²) >= 11 is 0. The minimum absolute atomic E-state index is 0.121. The summed E-state index contributed by atoms with van der Waals surface area (Å²) in [4.78, 5) is 12.0. The van der Waals surface area contributed by atoms with Crippen LogP contribution in [0.25, 0.3) is 11.1 Å². The number of hydrogen-bond acceptors (Lipinski definition) is 2. The highest BCUT2D eigenvalue weighted by atomic mass is 16.5. The van der Waals surface area contributed by atoms with Gasteiger partial charge in [-0.2, -0.15) is 0 Å². The third-order valence-electron chi connectivity index (χ3n) is 3.72. The minimum Gasteiger partial charge on any atom is -0.465 e. The first kappa shape index (κ1) is 15.3. The lowest BCUT2D eigenvalue weighted by molar-refractivity contribution is 0.0601. The Morgan fingerprint density at radius 1 is 1.00 bits per heavy atom. The number of carbonyl (C=O) groups excluding carboxylic acids is 1. The lowest BCUT2D eigenvalue weighted by Gasteiger charge is -2.19. The molecule has 2 heteroatoms. The Morgan fingerprint density at radius 2 is 1.62 bits per heavy atom. The van der Waals surface area contributed by atoms with Crippen molar-refractivity contribution in [3.05, 3.63) is 59.2 Å². The second-order valence-electron chi connectivity index (χ2n) is 6.32. The lowest BCUT2D eigenvalue weighted by atomic mass is 9.85. The first-order valence-corrected chi connectivity index (χ1v) is 7.13. The van der Waals surface area contributed by atoms with E-state index in [9.17, 15) is 4.79 Å². The molecular formula is C19H22O2. The predicted molar refractivity (Wildman–Crippen MR) is 86.7 cm³/mol. The van der Waals surface area contributed by atoms with Crippen LogP contribution in [0.4, 0.5) is 0 Å². The molecule has 0 aliphatic rings. The first-order chi connectivity index (χ1) is 9.84. The molecule has 2 rings (SSSR count). The maximum absolute atomic E-state index is 12.0. The van der Waals surface area contributed by atoms with Gasteiger partial charge in [0.2, 0.25) is 0 Å². The third-order valence-corrected chi connectivity index (χ3v) is 3.72. The van der Waals surface area contributed by atoms with Gasteiger partial charge in [0.05, 0.1) is 12.7 Å². The molecule has 0 aliphatic heterocycles. The summed E-state index contributed by atoms with van der Waals surface area (Å²) in [5.74, 6) is -0.289. The highest BCUT2D eigenvalue weighted by Crippen LogP contribution is 2.29. The molecule has 0 N–H and O–H groups in total. The number of esters is 1. The molecule has 0 saturated heterocycles. The largest absolute Gasteiger partial charge is 0.465 e. The number of ether oxygens (including phenoxy) is 1. The second kappa shape index (κ2) is 5.72. The zero-order valence-corrected chi connectivity index (χ0v) is 13.4. The highest BCUT2D eigenvalue weighted by Gasteiger charge is 2.17. The fourth-order valence-electron chi connectivity index (χ4n) is 2.43. The van der Waals surface area contributed by atoms with E-state index in [0.717, 1.165) is 16.7 Å². The molecule has 0 unspecified atom stereocenters. The van der Waals surface area contributed by atoms with Crippen molar-refractivity contribution in [2.75, 3.05) is 7.11 Å². The van der Waals surface area contributed by atoms with Crippen molar-refractivity contribution in [3.8, 4) is 11.1 Å². The van der Waals surface area contributed by atoms with Gasteiger partial charge in [0.1, 0.15) is 0 Å². The maximum Gasteiger partial charge on any atom is 0.338 e. The van der Waals surface area contributed by atoms with E-state index in [4.69, 9.17) is 4.74 Å². The van der Waals surface area contributed by atoms with Gasteiger partial charge in [0, 0.05) is 0 Å². The van der Waals surface area contributed by atoms with Gasteiger partial charge in [-0.05, 0) is 34.6 Å². The van der Waals surface area contributed by atoms with Crippen molar-refractivity contribution in [1.29, 1.82) is 0 Å². The highest BCUT2D eigenvalue weighted by molar-refractivity contribution is 5.98. The number of aryl methyl sites for hydroxylation is 1. The normalized spacial score (nSPS) is 11.3. The van der Waals surface area contributed by atoms with E-state index in [1.54, 1.807) is 0 Å². The van der Waals surface area contributed by atoms with Gasteiger partial charge < -0.3 is 4.74 Å². The van der Waals surface area contributed by atoms with Gasteiger partial charge in [0.25, 0.3) is 0 Å². The zero-order chi connectivity index (χ0) is 15.6. The number of rotatable bonds is 2. The molecule has 0 aliphatic carbocycles. The van der Waals surface area contributed by atoms with Crippen molar-refractivity contribution in [3.63, 3.8) is 0 Å². The summed E-state index contributed by atoms with van der Waals surface area (Å²) in [6.45, 7) is 8.50. The molecule has 0 heterocycles. The quantitative estimate of drug-likeness (QED) is 0.743. The van der Waals surface area contributed by atoms with Gasteiger partial charge in [-0.3, -0.25) is 0 Å². The molecule has 0 fully saturated rings. The maximum atomic E-state index is 12.0. The summed E-state index contributed by atoms with van der Waals surface area (Å²) < 4.78 is 4.92. The SMILES string of the molecule is COC(=O)c1c(C)cccc1-c1ccc(C(C)(C)C)cc1.